The molecular weight excluding hydrogens is 303 g/mol. The van der Waals surface area contributed by atoms with Gasteiger partial charge in [0, 0.05) is 0 Å². The smallest absolute Gasteiger partial charge is 0.394 e. The van der Waals surface area contributed by atoms with E-state index in [1.54, 1.807) is 24.3 Å². The minimum absolute atomic E-state index is 0.0209. The standard InChI is InChI=1S/C15H13ClF3NO/c16-12-7-3-4-8-13(12)20-14(9-21)10-5-1-2-6-11(10)15(17,18)19/h1-8,14,20-21H,9H2. The SMILES string of the molecule is OCC(Nc1ccccc1Cl)c1ccccc1C(F)(F)F. The van der Waals surface area contributed by atoms with Gasteiger partial charge in [0.05, 0.1) is 28.9 Å². The van der Waals surface area contributed by atoms with E-state index >= 15 is 0 Å². The molecular formula is C15H13ClF3NO. The largest absolute Gasteiger partial charge is 0.416 e. The number of aliphatic hydroxyl groups is 1. The highest BCUT2D eigenvalue weighted by Crippen LogP contribution is 2.36. The molecule has 0 bridgehead atoms. The molecule has 112 valence electrons. The quantitative estimate of drug-likeness (QED) is 0.870. The lowest BCUT2D eigenvalue weighted by Gasteiger charge is -2.22. The van der Waals surface area contributed by atoms with E-state index in [-0.39, 0.29) is 5.56 Å². The molecule has 6 heteroatoms. The fourth-order valence-electron chi connectivity index (χ4n) is 2.05. The number of anilines is 1. The summed E-state index contributed by atoms with van der Waals surface area (Å²) < 4.78 is 39.1. The molecule has 0 saturated carbocycles. The van der Waals surface area contributed by atoms with Crippen molar-refractivity contribution in [3.63, 3.8) is 0 Å². The molecule has 0 saturated heterocycles. The first-order valence-electron chi connectivity index (χ1n) is 6.21. The van der Waals surface area contributed by atoms with E-state index in [1.165, 1.54) is 18.2 Å². The molecule has 0 radical (unpaired) electrons. The molecule has 1 unspecified atom stereocenters. The molecule has 0 fully saturated rings. The number of nitrogens with one attached hydrogen (secondary N) is 1. The van der Waals surface area contributed by atoms with E-state index in [4.69, 9.17) is 11.6 Å². The Hall–Kier alpha value is -1.72. The number of hydrogen-bond donors (Lipinski definition) is 2. The summed E-state index contributed by atoms with van der Waals surface area (Å²) in [6, 6.07) is 10.9. The van der Waals surface area contributed by atoms with Gasteiger partial charge in [-0.1, -0.05) is 41.9 Å². The molecule has 0 aliphatic heterocycles. The maximum atomic E-state index is 13.0. The highest BCUT2D eigenvalue weighted by atomic mass is 35.5. The highest BCUT2D eigenvalue weighted by Gasteiger charge is 2.34. The molecule has 2 nitrogen and oxygen atoms in total. The highest BCUT2D eigenvalue weighted by molar-refractivity contribution is 6.33. The van der Waals surface area contributed by atoms with Gasteiger partial charge in [-0.3, -0.25) is 0 Å². The van der Waals surface area contributed by atoms with Crippen LogP contribution in [-0.2, 0) is 6.18 Å². The van der Waals surface area contributed by atoms with Crippen LogP contribution in [0.1, 0.15) is 17.2 Å². The minimum Gasteiger partial charge on any atom is -0.394 e. The maximum Gasteiger partial charge on any atom is 0.416 e. The zero-order chi connectivity index (χ0) is 15.5. The van der Waals surface area contributed by atoms with Gasteiger partial charge in [0.1, 0.15) is 0 Å². The number of benzene rings is 2. The van der Waals surface area contributed by atoms with E-state index < -0.39 is 24.4 Å². The Kier molecular flexibility index (Phi) is 4.75. The first-order chi connectivity index (χ1) is 9.93. The van der Waals surface area contributed by atoms with Crippen LogP contribution in [-0.4, -0.2) is 11.7 Å². The molecule has 2 aromatic carbocycles. The Morgan fingerprint density at radius 1 is 1.05 bits per heavy atom. The Morgan fingerprint density at radius 3 is 2.29 bits per heavy atom. The van der Waals surface area contributed by atoms with E-state index in [0.717, 1.165) is 6.07 Å². The molecule has 0 aliphatic rings. The van der Waals surface area contributed by atoms with Crippen molar-refractivity contribution in [1.82, 2.24) is 0 Å². The topological polar surface area (TPSA) is 32.3 Å². The molecule has 2 rings (SSSR count). The van der Waals surface area contributed by atoms with Crippen LogP contribution in [0.3, 0.4) is 0 Å². The summed E-state index contributed by atoms with van der Waals surface area (Å²) in [5.41, 5.74) is -0.328. The monoisotopic (exact) mass is 315 g/mol. The Bertz CT molecular complexity index is 616. The molecule has 0 amide bonds. The normalized spacial score (nSPS) is 13.0. The minimum atomic E-state index is -4.48. The molecule has 2 aromatic rings. The molecule has 0 aromatic heterocycles. The fourth-order valence-corrected chi connectivity index (χ4v) is 2.24. The number of hydrogen-bond acceptors (Lipinski definition) is 2. The number of halogens is 4. The lowest BCUT2D eigenvalue weighted by molar-refractivity contribution is -0.138. The summed E-state index contributed by atoms with van der Waals surface area (Å²) in [6.45, 7) is -0.488. The van der Waals surface area contributed by atoms with Crippen molar-refractivity contribution in [2.45, 2.75) is 12.2 Å². The van der Waals surface area contributed by atoms with Crippen molar-refractivity contribution in [3.05, 3.63) is 64.7 Å². The third kappa shape index (κ3) is 3.68. The lowest BCUT2D eigenvalue weighted by atomic mass is 10.00. The van der Waals surface area contributed by atoms with Crippen molar-refractivity contribution in [2.24, 2.45) is 0 Å². The van der Waals surface area contributed by atoms with E-state index in [1.807, 2.05) is 0 Å². The maximum absolute atomic E-state index is 13.0. The average Bonchev–Trinajstić information content (AvgIpc) is 2.45. The molecule has 0 spiro atoms. The molecule has 21 heavy (non-hydrogen) atoms. The zero-order valence-electron chi connectivity index (χ0n) is 10.9. The number of rotatable bonds is 4. The van der Waals surface area contributed by atoms with Crippen LogP contribution in [0.2, 0.25) is 5.02 Å². The van der Waals surface area contributed by atoms with Gasteiger partial charge in [0.15, 0.2) is 0 Å². The van der Waals surface area contributed by atoms with Gasteiger partial charge in [0.25, 0.3) is 0 Å². The summed E-state index contributed by atoms with van der Waals surface area (Å²) in [5.74, 6) is 0. The molecule has 0 heterocycles. The van der Waals surface area contributed by atoms with E-state index in [2.05, 4.69) is 5.32 Å². The van der Waals surface area contributed by atoms with E-state index in [0.29, 0.717) is 10.7 Å². The van der Waals surface area contributed by atoms with Gasteiger partial charge in [-0.15, -0.1) is 0 Å². The number of aliphatic hydroxyl groups excluding tert-OH is 1. The van der Waals surface area contributed by atoms with Gasteiger partial charge in [-0.25, -0.2) is 0 Å². The summed E-state index contributed by atoms with van der Waals surface area (Å²) in [4.78, 5) is 0. The molecule has 2 N–H and O–H groups in total. The Morgan fingerprint density at radius 2 is 1.67 bits per heavy atom. The van der Waals surface area contributed by atoms with Crippen LogP contribution in [0.15, 0.2) is 48.5 Å². The Balaban J connectivity index is 2.37. The summed E-state index contributed by atoms with van der Waals surface area (Å²) >= 11 is 5.98. The summed E-state index contributed by atoms with van der Waals surface area (Å²) in [7, 11) is 0. The third-order valence-electron chi connectivity index (χ3n) is 3.03. The van der Waals surface area contributed by atoms with Crippen LogP contribution in [0, 0.1) is 0 Å². The van der Waals surface area contributed by atoms with Crippen molar-refractivity contribution >= 4 is 17.3 Å². The zero-order valence-corrected chi connectivity index (χ0v) is 11.6. The van der Waals surface area contributed by atoms with Crippen LogP contribution < -0.4 is 5.32 Å². The van der Waals surface area contributed by atoms with Crippen LogP contribution in [0.25, 0.3) is 0 Å². The number of alkyl halides is 3. The van der Waals surface area contributed by atoms with Gasteiger partial charge in [-0.2, -0.15) is 13.2 Å². The van der Waals surface area contributed by atoms with Crippen molar-refractivity contribution in [3.8, 4) is 0 Å². The van der Waals surface area contributed by atoms with Crippen LogP contribution in [0.4, 0.5) is 18.9 Å². The molecule has 0 aliphatic carbocycles. The Labute approximate surface area is 125 Å². The number of para-hydroxylation sites is 1. The lowest BCUT2D eigenvalue weighted by Crippen LogP contribution is -2.20. The average molecular weight is 316 g/mol. The van der Waals surface area contributed by atoms with Crippen molar-refractivity contribution in [1.29, 1.82) is 0 Å². The second-order valence-corrected chi connectivity index (χ2v) is 4.85. The second-order valence-electron chi connectivity index (χ2n) is 4.44. The van der Waals surface area contributed by atoms with Gasteiger partial charge in [0.2, 0.25) is 0 Å². The molecule has 1 atom stereocenters. The summed E-state index contributed by atoms with van der Waals surface area (Å²) in [5, 5.41) is 12.7. The van der Waals surface area contributed by atoms with Crippen LogP contribution >= 0.6 is 11.6 Å². The van der Waals surface area contributed by atoms with Crippen LogP contribution in [0.5, 0.6) is 0 Å². The van der Waals surface area contributed by atoms with Crippen molar-refractivity contribution < 1.29 is 18.3 Å². The predicted molar refractivity (Wildman–Crippen MR) is 76.3 cm³/mol. The third-order valence-corrected chi connectivity index (χ3v) is 3.36. The summed E-state index contributed by atoms with van der Waals surface area (Å²) in [6.07, 6.45) is -4.48. The van der Waals surface area contributed by atoms with Crippen molar-refractivity contribution in [2.75, 3.05) is 11.9 Å². The van der Waals surface area contributed by atoms with E-state index in [9.17, 15) is 18.3 Å². The van der Waals surface area contributed by atoms with Gasteiger partial charge >= 0.3 is 6.18 Å². The fraction of sp³-hybridized carbons (Fsp3) is 0.200. The predicted octanol–water partition coefficient (Wildman–Crippen LogP) is 4.50. The first-order valence-corrected chi connectivity index (χ1v) is 6.59. The van der Waals surface area contributed by atoms with Gasteiger partial charge in [-0.05, 0) is 23.8 Å². The second kappa shape index (κ2) is 6.37. The van der Waals surface area contributed by atoms with Gasteiger partial charge < -0.3 is 10.4 Å². The first kappa shape index (κ1) is 15.7.